The minimum atomic E-state index is 0.0439. The third-order valence-electron chi connectivity index (χ3n) is 6.70. The number of rotatable bonds is 7. The lowest BCUT2D eigenvalue weighted by Gasteiger charge is -2.34. The number of anilines is 1. The number of nitrogens with one attached hydrogen (secondary N) is 1. The summed E-state index contributed by atoms with van der Waals surface area (Å²) in [6.07, 6.45) is 4.15. The second-order valence-corrected chi connectivity index (χ2v) is 9.59. The second kappa shape index (κ2) is 10.3. The fourth-order valence-electron chi connectivity index (χ4n) is 4.83. The van der Waals surface area contributed by atoms with Crippen LogP contribution in [0.4, 0.5) is 5.69 Å². The van der Waals surface area contributed by atoms with Gasteiger partial charge in [0.1, 0.15) is 5.82 Å². The van der Waals surface area contributed by atoms with Crippen molar-refractivity contribution >= 4 is 23.2 Å². The molecular formula is C26H31ClN6O. The summed E-state index contributed by atoms with van der Waals surface area (Å²) >= 11 is 6.21. The predicted molar refractivity (Wildman–Crippen MR) is 136 cm³/mol. The number of aromatic nitrogens is 3. The zero-order valence-corrected chi connectivity index (χ0v) is 20.4. The molecule has 0 aliphatic carbocycles. The molecule has 0 radical (unpaired) electrons. The molecule has 3 heterocycles. The van der Waals surface area contributed by atoms with Crippen molar-refractivity contribution in [3.05, 3.63) is 58.9 Å². The van der Waals surface area contributed by atoms with Gasteiger partial charge < -0.3 is 10.2 Å². The van der Waals surface area contributed by atoms with Gasteiger partial charge in [0.25, 0.3) is 0 Å². The summed E-state index contributed by atoms with van der Waals surface area (Å²) in [4.78, 5) is 17.5. The summed E-state index contributed by atoms with van der Waals surface area (Å²) in [5, 5.41) is 12.6. The lowest BCUT2D eigenvalue weighted by molar-refractivity contribution is -0.117. The van der Waals surface area contributed by atoms with Crippen LogP contribution in [0.5, 0.6) is 0 Å². The molecule has 1 fully saturated rings. The summed E-state index contributed by atoms with van der Waals surface area (Å²) < 4.78 is 2.11. The van der Waals surface area contributed by atoms with Crippen molar-refractivity contribution in [2.24, 2.45) is 0 Å². The highest BCUT2D eigenvalue weighted by Gasteiger charge is 2.23. The highest BCUT2D eigenvalue weighted by Crippen LogP contribution is 2.32. The zero-order valence-electron chi connectivity index (χ0n) is 19.6. The third-order valence-corrected chi connectivity index (χ3v) is 6.93. The van der Waals surface area contributed by atoms with Gasteiger partial charge in [0, 0.05) is 48.9 Å². The summed E-state index contributed by atoms with van der Waals surface area (Å²) in [5.74, 6) is 1.77. The van der Waals surface area contributed by atoms with Gasteiger partial charge in [0.15, 0.2) is 5.82 Å². The Morgan fingerprint density at radius 1 is 1.03 bits per heavy atom. The number of amides is 1. The van der Waals surface area contributed by atoms with Crippen LogP contribution in [0.3, 0.4) is 0 Å². The number of unbranched alkanes of at least 4 members (excludes halogenated alkanes) is 1. The zero-order chi connectivity index (χ0) is 23.5. The molecule has 0 atom stereocenters. The first kappa shape index (κ1) is 23.0. The standard InChI is InChI=1S/C26H31ClN6O/c1-2-3-11-31-12-14-32(15-13-31)18-25(34)28-22-8-9-23-19(17-22)7-10-24-29-30-26(33(23)24)20-5-4-6-21(27)16-20/h4-6,8-9,16-17H,2-3,7,10-15,18H2,1H3,(H,28,34). The molecule has 34 heavy (non-hydrogen) atoms. The van der Waals surface area contributed by atoms with Crippen LogP contribution < -0.4 is 5.32 Å². The van der Waals surface area contributed by atoms with E-state index >= 15 is 0 Å². The van der Waals surface area contributed by atoms with E-state index in [2.05, 4.69) is 48.9 Å². The van der Waals surface area contributed by atoms with E-state index < -0.39 is 0 Å². The van der Waals surface area contributed by atoms with E-state index in [1.807, 2.05) is 30.3 Å². The van der Waals surface area contributed by atoms with Crippen LogP contribution in [-0.2, 0) is 17.6 Å². The summed E-state index contributed by atoms with van der Waals surface area (Å²) in [7, 11) is 0. The molecule has 1 N–H and O–H groups in total. The lowest BCUT2D eigenvalue weighted by atomic mass is 10.0. The van der Waals surface area contributed by atoms with Gasteiger partial charge in [-0.1, -0.05) is 37.1 Å². The molecule has 0 bridgehead atoms. The van der Waals surface area contributed by atoms with Crippen LogP contribution in [0.15, 0.2) is 42.5 Å². The van der Waals surface area contributed by atoms with E-state index in [9.17, 15) is 4.79 Å². The van der Waals surface area contributed by atoms with Gasteiger partial charge in [0.2, 0.25) is 5.91 Å². The molecule has 178 valence electrons. The van der Waals surface area contributed by atoms with E-state index in [4.69, 9.17) is 11.6 Å². The fraction of sp³-hybridized carbons (Fsp3) is 0.423. The molecule has 2 aromatic carbocycles. The number of hydrogen-bond donors (Lipinski definition) is 1. The van der Waals surface area contributed by atoms with Gasteiger partial charge in [-0.2, -0.15) is 0 Å². The maximum absolute atomic E-state index is 12.7. The second-order valence-electron chi connectivity index (χ2n) is 9.15. The fourth-order valence-corrected chi connectivity index (χ4v) is 5.02. The molecule has 5 rings (SSSR count). The largest absolute Gasteiger partial charge is 0.325 e. The molecule has 3 aromatic rings. The highest BCUT2D eigenvalue weighted by atomic mass is 35.5. The Balaban J connectivity index is 1.26. The summed E-state index contributed by atoms with van der Waals surface area (Å²) in [6, 6.07) is 13.8. The molecule has 1 amide bonds. The number of hydrogen-bond acceptors (Lipinski definition) is 5. The van der Waals surface area contributed by atoms with Crippen LogP contribution in [0.25, 0.3) is 17.1 Å². The Bertz CT molecular complexity index is 1170. The van der Waals surface area contributed by atoms with E-state index in [1.54, 1.807) is 0 Å². The van der Waals surface area contributed by atoms with Crippen molar-refractivity contribution in [3.8, 4) is 17.1 Å². The number of nitrogens with zero attached hydrogens (tertiary/aromatic N) is 5. The summed E-state index contributed by atoms with van der Waals surface area (Å²) in [5.41, 5.74) is 4.01. The third kappa shape index (κ3) is 5.02. The average Bonchev–Trinajstić information content (AvgIpc) is 3.28. The predicted octanol–water partition coefficient (Wildman–Crippen LogP) is 4.04. The Hall–Kier alpha value is -2.74. The molecule has 8 heteroatoms. The average molecular weight is 479 g/mol. The molecule has 0 spiro atoms. The van der Waals surface area contributed by atoms with Gasteiger partial charge in [0.05, 0.1) is 12.2 Å². The molecule has 0 unspecified atom stereocenters. The van der Waals surface area contributed by atoms with Crippen molar-refractivity contribution in [1.82, 2.24) is 24.6 Å². The van der Waals surface area contributed by atoms with Gasteiger partial charge in [-0.3, -0.25) is 14.3 Å². The first-order chi connectivity index (χ1) is 16.6. The SMILES string of the molecule is CCCCN1CCN(CC(=O)Nc2ccc3c(c2)CCc2nnc(-c4cccc(Cl)c4)n2-3)CC1. The van der Waals surface area contributed by atoms with Crippen molar-refractivity contribution < 1.29 is 4.79 Å². The van der Waals surface area contributed by atoms with Crippen LogP contribution in [0.2, 0.25) is 5.02 Å². The Labute approximate surface area is 205 Å². The number of fused-ring (bicyclic) bond motifs is 3. The van der Waals surface area contributed by atoms with Gasteiger partial charge in [-0.05, 0) is 55.3 Å². The Morgan fingerprint density at radius 3 is 2.65 bits per heavy atom. The Morgan fingerprint density at radius 2 is 1.85 bits per heavy atom. The van der Waals surface area contributed by atoms with Crippen LogP contribution in [0, 0.1) is 0 Å². The quantitative estimate of drug-likeness (QED) is 0.555. The molecule has 1 saturated heterocycles. The van der Waals surface area contributed by atoms with E-state index in [-0.39, 0.29) is 5.91 Å². The minimum Gasteiger partial charge on any atom is -0.325 e. The summed E-state index contributed by atoms with van der Waals surface area (Å²) in [6.45, 7) is 7.81. The molecule has 0 saturated carbocycles. The van der Waals surface area contributed by atoms with Crippen LogP contribution in [0.1, 0.15) is 31.2 Å². The topological polar surface area (TPSA) is 66.3 Å². The van der Waals surface area contributed by atoms with Gasteiger partial charge >= 0.3 is 0 Å². The van der Waals surface area contributed by atoms with Crippen molar-refractivity contribution in [2.75, 3.05) is 44.6 Å². The lowest BCUT2D eigenvalue weighted by Crippen LogP contribution is -2.48. The first-order valence-corrected chi connectivity index (χ1v) is 12.6. The Kier molecular flexibility index (Phi) is 6.94. The van der Waals surface area contributed by atoms with E-state index in [0.29, 0.717) is 11.6 Å². The first-order valence-electron chi connectivity index (χ1n) is 12.2. The van der Waals surface area contributed by atoms with E-state index in [0.717, 1.165) is 67.6 Å². The number of carbonyl (C=O) groups excluding carboxylic acids is 1. The van der Waals surface area contributed by atoms with Crippen LogP contribution in [-0.4, -0.2) is 69.7 Å². The minimum absolute atomic E-state index is 0.0439. The van der Waals surface area contributed by atoms with Gasteiger partial charge in [-0.15, -0.1) is 10.2 Å². The molecule has 1 aromatic heterocycles. The number of aryl methyl sites for hydroxylation is 2. The van der Waals surface area contributed by atoms with Gasteiger partial charge in [-0.25, -0.2) is 0 Å². The molecule has 7 nitrogen and oxygen atoms in total. The number of halogens is 1. The van der Waals surface area contributed by atoms with Crippen LogP contribution >= 0.6 is 11.6 Å². The monoisotopic (exact) mass is 478 g/mol. The maximum Gasteiger partial charge on any atom is 0.238 e. The molecular weight excluding hydrogens is 448 g/mol. The van der Waals surface area contributed by atoms with Crippen molar-refractivity contribution in [2.45, 2.75) is 32.6 Å². The molecule has 2 aliphatic rings. The maximum atomic E-state index is 12.7. The number of piperazine rings is 1. The highest BCUT2D eigenvalue weighted by molar-refractivity contribution is 6.30. The van der Waals surface area contributed by atoms with Crippen molar-refractivity contribution in [1.29, 1.82) is 0 Å². The van der Waals surface area contributed by atoms with Crippen molar-refractivity contribution in [3.63, 3.8) is 0 Å². The molecule has 2 aliphatic heterocycles. The normalized spacial score (nSPS) is 16.2. The smallest absolute Gasteiger partial charge is 0.238 e. The van der Waals surface area contributed by atoms with E-state index in [1.165, 1.54) is 24.9 Å². The number of carbonyl (C=O) groups is 1. The number of benzene rings is 2.